The van der Waals surface area contributed by atoms with Crippen LogP contribution in [0.25, 0.3) is 0 Å². The molecule has 0 aliphatic heterocycles. The van der Waals surface area contributed by atoms with Gasteiger partial charge in [-0.15, -0.1) is 0 Å². The molecule has 0 fully saturated rings. The van der Waals surface area contributed by atoms with Gasteiger partial charge in [-0.25, -0.2) is 0 Å². The molecular weight excluding hydrogens is 278 g/mol. The van der Waals surface area contributed by atoms with Gasteiger partial charge in [-0.05, 0) is 26.7 Å². The van der Waals surface area contributed by atoms with Gasteiger partial charge in [-0.3, -0.25) is 14.8 Å². The van der Waals surface area contributed by atoms with E-state index in [4.69, 9.17) is 11.6 Å². The van der Waals surface area contributed by atoms with Gasteiger partial charge in [0.1, 0.15) is 5.54 Å². The van der Waals surface area contributed by atoms with Crippen molar-refractivity contribution >= 4 is 17.6 Å². The number of halogens is 1. The second-order valence-corrected chi connectivity index (χ2v) is 5.50. The fourth-order valence-corrected chi connectivity index (χ4v) is 2.57. The molecule has 0 amide bonds. The van der Waals surface area contributed by atoms with Crippen LogP contribution in [0.1, 0.15) is 51.9 Å². The van der Waals surface area contributed by atoms with E-state index in [0.29, 0.717) is 24.5 Å². The Morgan fingerprint density at radius 2 is 2.10 bits per heavy atom. The van der Waals surface area contributed by atoms with Gasteiger partial charge < -0.3 is 5.11 Å². The van der Waals surface area contributed by atoms with E-state index in [-0.39, 0.29) is 0 Å². The molecule has 1 unspecified atom stereocenters. The molecule has 2 N–H and O–H groups in total. The van der Waals surface area contributed by atoms with Crippen molar-refractivity contribution in [3.8, 4) is 0 Å². The molecular formula is C14H24ClN3O2. The van der Waals surface area contributed by atoms with Crippen molar-refractivity contribution in [2.24, 2.45) is 0 Å². The summed E-state index contributed by atoms with van der Waals surface area (Å²) in [5.41, 5.74) is 0.778. The van der Waals surface area contributed by atoms with Crippen LogP contribution in [-0.2, 0) is 24.3 Å². The minimum absolute atomic E-state index is 0.405. The summed E-state index contributed by atoms with van der Waals surface area (Å²) in [5.74, 6) is -0.839. The van der Waals surface area contributed by atoms with Crippen LogP contribution in [0.3, 0.4) is 0 Å². The lowest BCUT2D eigenvalue weighted by Gasteiger charge is -2.26. The van der Waals surface area contributed by atoms with Crippen LogP contribution >= 0.6 is 11.6 Å². The normalized spacial score (nSPS) is 14.2. The summed E-state index contributed by atoms with van der Waals surface area (Å²) in [5, 5.41) is 17.6. The van der Waals surface area contributed by atoms with Crippen molar-refractivity contribution in [3.63, 3.8) is 0 Å². The van der Waals surface area contributed by atoms with E-state index in [1.54, 1.807) is 6.92 Å². The quantitative estimate of drug-likeness (QED) is 0.775. The van der Waals surface area contributed by atoms with Gasteiger partial charge >= 0.3 is 5.97 Å². The third-order valence-corrected chi connectivity index (χ3v) is 4.00. The van der Waals surface area contributed by atoms with Gasteiger partial charge in [0, 0.05) is 13.1 Å². The Balaban J connectivity index is 2.93. The highest BCUT2D eigenvalue weighted by atomic mass is 35.5. The number of hydrogen-bond donors (Lipinski definition) is 2. The fourth-order valence-electron chi connectivity index (χ4n) is 2.24. The molecule has 1 aromatic rings. The maximum absolute atomic E-state index is 11.4. The Kier molecular flexibility index (Phi) is 6.02. The predicted octanol–water partition coefficient (Wildman–Crippen LogP) is 2.85. The third-order valence-electron chi connectivity index (χ3n) is 3.56. The van der Waals surface area contributed by atoms with E-state index < -0.39 is 11.5 Å². The topological polar surface area (TPSA) is 67.2 Å². The van der Waals surface area contributed by atoms with Crippen molar-refractivity contribution in [1.29, 1.82) is 0 Å². The van der Waals surface area contributed by atoms with Gasteiger partial charge in [0.25, 0.3) is 0 Å². The summed E-state index contributed by atoms with van der Waals surface area (Å²) in [4.78, 5) is 11.4. The number of nitrogens with one attached hydrogen (secondary N) is 1. The van der Waals surface area contributed by atoms with Gasteiger partial charge in [0.05, 0.1) is 16.4 Å². The molecule has 0 aliphatic rings. The lowest BCUT2D eigenvalue weighted by molar-refractivity contribution is -0.144. The van der Waals surface area contributed by atoms with E-state index in [1.165, 1.54) is 0 Å². The summed E-state index contributed by atoms with van der Waals surface area (Å²) < 4.78 is 1.84. The van der Waals surface area contributed by atoms with E-state index in [9.17, 15) is 9.90 Å². The molecule has 0 aliphatic carbocycles. The fraction of sp³-hybridized carbons (Fsp3) is 0.714. The highest BCUT2D eigenvalue weighted by Gasteiger charge is 2.32. The first-order valence-corrected chi connectivity index (χ1v) is 7.49. The molecule has 0 saturated heterocycles. The van der Waals surface area contributed by atoms with Gasteiger partial charge in [0.15, 0.2) is 0 Å². The average molecular weight is 302 g/mol. The minimum Gasteiger partial charge on any atom is -0.480 e. The van der Waals surface area contributed by atoms with E-state index >= 15 is 0 Å². The first-order valence-electron chi connectivity index (χ1n) is 7.12. The number of aryl methyl sites for hydroxylation is 2. The monoisotopic (exact) mass is 301 g/mol. The SMILES string of the molecule is CCCC(C)(NCc1c(Cl)c(CC)nn1CC)C(=O)O. The number of aromatic nitrogens is 2. The number of hydrogen-bond acceptors (Lipinski definition) is 3. The lowest BCUT2D eigenvalue weighted by Crippen LogP contribution is -2.49. The standard InChI is InChI=1S/C14H24ClN3O2/c1-5-8-14(4,13(19)20)16-9-11-12(15)10(6-2)17-18(11)7-3/h16H,5-9H2,1-4H3,(H,19,20). The Morgan fingerprint density at radius 3 is 2.55 bits per heavy atom. The molecule has 1 aromatic heterocycles. The van der Waals surface area contributed by atoms with Gasteiger partial charge in [-0.1, -0.05) is 31.9 Å². The number of aliphatic carboxylic acids is 1. The zero-order valence-corrected chi connectivity index (χ0v) is 13.4. The number of rotatable bonds is 8. The van der Waals surface area contributed by atoms with Crippen molar-refractivity contribution in [1.82, 2.24) is 15.1 Å². The molecule has 5 nitrogen and oxygen atoms in total. The van der Waals surface area contributed by atoms with Crippen LogP contribution in [0.5, 0.6) is 0 Å². The summed E-state index contributed by atoms with van der Waals surface area (Å²) in [6.07, 6.45) is 2.14. The van der Waals surface area contributed by atoms with Gasteiger partial charge in [0.2, 0.25) is 0 Å². The number of carbonyl (C=O) groups is 1. The summed E-state index contributed by atoms with van der Waals surface area (Å²) in [6, 6.07) is 0. The lowest BCUT2D eigenvalue weighted by atomic mass is 9.96. The van der Waals surface area contributed by atoms with Crippen molar-refractivity contribution in [2.45, 2.75) is 65.6 Å². The Bertz CT molecular complexity index is 473. The molecule has 114 valence electrons. The molecule has 0 radical (unpaired) electrons. The maximum Gasteiger partial charge on any atom is 0.323 e. The van der Waals surface area contributed by atoms with Crippen molar-refractivity contribution < 1.29 is 9.90 Å². The molecule has 1 atom stereocenters. The average Bonchev–Trinajstić information content (AvgIpc) is 2.72. The Hall–Kier alpha value is -1.07. The highest BCUT2D eigenvalue weighted by Crippen LogP contribution is 2.23. The number of carboxylic acid groups (broad SMARTS) is 1. The molecule has 0 saturated carbocycles. The zero-order valence-electron chi connectivity index (χ0n) is 12.7. The predicted molar refractivity (Wildman–Crippen MR) is 80.1 cm³/mol. The van der Waals surface area contributed by atoms with Crippen LogP contribution in [0.15, 0.2) is 0 Å². The summed E-state index contributed by atoms with van der Waals surface area (Å²) >= 11 is 6.32. The molecule has 6 heteroatoms. The first kappa shape index (κ1) is 17.0. The third kappa shape index (κ3) is 3.52. The van der Waals surface area contributed by atoms with Crippen LogP contribution < -0.4 is 5.32 Å². The summed E-state index contributed by atoms with van der Waals surface area (Å²) in [7, 11) is 0. The van der Waals surface area contributed by atoms with Crippen molar-refractivity contribution in [2.75, 3.05) is 0 Å². The molecule has 20 heavy (non-hydrogen) atoms. The molecule has 0 spiro atoms. The highest BCUT2D eigenvalue weighted by molar-refractivity contribution is 6.31. The van der Waals surface area contributed by atoms with Crippen LogP contribution in [0.2, 0.25) is 5.02 Å². The van der Waals surface area contributed by atoms with Crippen molar-refractivity contribution in [3.05, 3.63) is 16.4 Å². The zero-order chi connectivity index (χ0) is 15.3. The number of nitrogens with zero attached hydrogens (tertiary/aromatic N) is 2. The minimum atomic E-state index is -0.937. The van der Waals surface area contributed by atoms with E-state index in [0.717, 1.165) is 24.2 Å². The van der Waals surface area contributed by atoms with E-state index in [1.807, 2.05) is 25.5 Å². The Labute approximate surface area is 125 Å². The van der Waals surface area contributed by atoms with Gasteiger partial charge in [-0.2, -0.15) is 5.10 Å². The maximum atomic E-state index is 11.4. The first-order chi connectivity index (χ1) is 9.39. The van der Waals surface area contributed by atoms with Crippen LogP contribution in [-0.4, -0.2) is 26.4 Å². The molecule has 0 bridgehead atoms. The second kappa shape index (κ2) is 7.09. The Morgan fingerprint density at radius 1 is 1.45 bits per heavy atom. The van der Waals surface area contributed by atoms with Crippen LogP contribution in [0, 0.1) is 0 Å². The smallest absolute Gasteiger partial charge is 0.323 e. The molecule has 1 heterocycles. The van der Waals surface area contributed by atoms with Crippen LogP contribution in [0.4, 0.5) is 0 Å². The largest absolute Gasteiger partial charge is 0.480 e. The second-order valence-electron chi connectivity index (χ2n) is 5.12. The molecule has 1 rings (SSSR count). The number of carboxylic acids is 1. The molecule has 0 aromatic carbocycles. The van der Waals surface area contributed by atoms with E-state index in [2.05, 4.69) is 10.4 Å². The summed E-state index contributed by atoms with van der Waals surface area (Å²) in [6.45, 7) is 8.80.